The molecule has 1 aromatic carbocycles. The van der Waals surface area contributed by atoms with E-state index in [1.807, 2.05) is 17.0 Å². The summed E-state index contributed by atoms with van der Waals surface area (Å²) < 4.78 is 5.31. The van der Waals surface area contributed by atoms with E-state index in [0.717, 1.165) is 31.5 Å². The molecular weight excluding hydrogens is 328 g/mol. The number of carbonyl (C=O) groups excluding carboxylic acids is 1. The molecule has 6 heteroatoms. The first-order valence-electron chi connectivity index (χ1n) is 9.63. The molecule has 1 aromatic heterocycles. The molecule has 0 saturated carbocycles. The molecule has 2 aromatic rings. The number of hydrogen-bond donors (Lipinski definition) is 0. The van der Waals surface area contributed by atoms with Crippen LogP contribution in [0.2, 0.25) is 0 Å². The van der Waals surface area contributed by atoms with Crippen LogP contribution in [-0.2, 0) is 6.54 Å². The van der Waals surface area contributed by atoms with E-state index in [9.17, 15) is 4.79 Å². The van der Waals surface area contributed by atoms with Crippen molar-refractivity contribution in [2.45, 2.75) is 51.6 Å². The zero-order valence-corrected chi connectivity index (χ0v) is 15.4. The highest BCUT2D eigenvalue weighted by Gasteiger charge is 2.34. The molecule has 1 amide bonds. The van der Waals surface area contributed by atoms with Gasteiger partial charge in [0.2, 0.25) is 5.89 Å². The average molecular weight is 354 g/mol. The van der Waals surface area contributed by atoms with Crippen LogP contribution in [0, 0.1) is 6.92 Å². The predicted octanol–water partition coefficient (Wildman–Crippen LogP) is 3.34. The van der Waals surface area contributed by atoms with Gasteiger partial charge < -0.3 is 9.42 Å². The minimum absolute atomic E-state index is 0.0490. The Kier molecular flexibility index (Phi) is 5.02. The number of rotatable bonds is 4. The number of piperidine rings is 1. The third-order valence-electron chi connectivity index (χ3n) is 5.40. The Hall–Kier alpha value is -2.21. The molecule has 138 valence electrons. The van der Waals surface area contributed by atoms with Crippen LogP contribution in [0.4, 0.5) is 0 Å². The van der Waals surface area contributed by atoms with Gasteiger partial charge in [0.05, 0.1) is 0 Å². The second kappa shape index (κ2) is 7.58. The summed E-state index contributed by atoms with van der Waals surface area (Å²) in [6.45, 7) is 5.87. The molecule has 4 rings (SSSR count). The summed E-state index contributed by atoms with van der Waals surface area (Å²) in [6, 6.07) is 7.98. The summed E-state index contributed by atoms with van der Waals surface area (Å²) in [7, 11) is 0. The largest absolute Gasteiger partial charge is 0.337 e. The van der Waals surface area contributed by atoms with Crippen molar-refractivity contribution in [2.75, 3.05) is 19.6 Å². The van der Waals surface area contributed by atoms with E-state index in [4.69, 9.17) is 4.52 Å². The Balaban J connectivity index is 1.43. The second-order valence-corrected chi connectivity index (χ2v) is 7.37. The van der Waals surface area contributed by atoms with E-state index in [2.05, 4.69) is 27.2 Å². The highest BCUT2D eigenvalue weighted by Crippen LogP contribution is 2.32. The highest BCUT2D eigenvalue weighted by atomic mass is 16.5. The first-order valence-corrected chi connectivity index (χ1v) is 9.63. The minimum atomic E-state index is -0.100. The lowest BCUT2D eigenvalue weighted by Gasteiger charge is -2.26. The number of amides is 1. The van der Waals surface area contributed by atoms with Gasteiger partial charge in [0, 0.05) is 18.7 Å². The van der Waals surface area contributed by atoms with Crippen molar-refractivity contribution >= 4 is 5.91 Å². The van der Waals surface area contributed by atoms with E-state index in [1.165, 1.54) is 37.9 Å². The van der Waals surface area contributed by atoms with Crippen LogP contribution < -0.4 is 0 Å². The number of nitrogens with zero attached hydrogens (tertiary/aromatic N) is 4. The van der Waals surface area contributed by atoms with Crippen LogP contribution in [0.3, 0.4) is 0 Å². The number of aromatic nitrogens is 2. The SMILES string of the molecule is Cc1noc([C@H]2CCCN2C(=O)c2ccc(CN3CCCCC3)cc2)n1. The van der Waals surface area contributed by atoms with Crippen LogP contribution in [0.25, 0.3) is 0 Å². The fourth-order valence-corrected chi connectivity index (χ4v) is 4.01. The van der Waals surface area contributed by atoms with Crippen LogP contribution in [-0.4, -0.2) is 45.5 Å². The first kappa shape index (κ1) is 17.2. The van der Waals surface area contributed by atoms with Gasteiger partial charge in [-0.15, -0.1) is 0 Å². The summed E-state index contributed by atoms with van der Waals surface area (Å²) in [5, 5.41) is 3.87. The smallest absolute Gasteiger partial charge is 0.254 e. The van der Waals surface area contributed by atoms with Crippen molar-refractivity contribution in [1.29, 1.82) is 0 Å². The van der Waals surface area contributed by atoms with Crippen LogP contribution >= 0.6 is 0 Å². The lowest BCUT2D eigenvalue weighted by molar-refractivity contribution is 0.0710. The van der Waals surface area contributed by atoms with E-state index in [1.54, 1.807) is 6.92 Å². The Bertz CT molecular complexity index is 749. The highest BCUT2D eigenvalue weighted by molar-refractivity contribution is 5.94. The van der Waals surface area contributed by atoms with Gasteiger partial charge in [0.1, 0.15) is 6.04 Å². The van der Waals surface area contributed by atoms with Gasteiger partial charge >= 0.3 is 0 Å². The zero-order chi connectivity index (χ0) is 17.9. The molecule has 2 aliphatic rings. The second-order valence-electron chi connectivity index (χ2n) is 7.37. The number of benzene rings is 1. The number of hydrogen-bond acceptors (Lipinski definition) is 5. The zero-order valence-electron chi connectivity index (χ0n) is 15.4. The molecule has 26 heavy (non-hydrogen) atoms. The first-order chi connectivity index (χ1) is 12.7. The lowest BCUT2D eigenvalue weighted by atomic mass is 10.1. The molecule has 2 saturated heterocycles. The fraction of sp³-hybridized carbons (Fsp3) is 0.550. The van der Waals surface area contributed by atoms with Crippen molar-refractivity contribution in [3.8, 4) is 0 Å². The van der Waals surface area contributed by atoms with E-state index in [0.29, 0.717) is 11.7 Å². The molecule has 2 fully saturated rings. The summed E-state index contributed by atoms with van der Waals surface area (Å²) in [4.78, 5) is 21.6. The third-order valence-corrected chi connectivity index (χ3v) is 5.40. The van der Waals surface area contributed by atoms with Crippen molar-refractivity contribution in [3.63, 3.8) is 0 Å². The normalized spacial score (nSPS) is 21.3. The molecule has 3 heterocycles. The van der Waals surface area contributed by atoms with Crippen molar-refractivity contribution in [3.05, 3.63) is 47.1 Å². The van der Waals surface area contributed by atoms with Crippen LogP contribution in [0.1, 0.15) is 65.8 Å². The quantitative estimate of drug-likeness (QED) is 0.843. The molecule has 0 bridgehead atoms. The van der Waals surface area contributed by atoms with Gasteiger partial charge in [-0.2, -0.15) is 4.98 Å². The van der Waals surface area contributed by atoms with E-state index in [-0.39, 0.29) is 11.9 Å². The molecule has 0 unspecified atom stereocenters. The number of likely N-dealkylation sites (tertiary alicyclic amines) is 2. The van der Waals surface area contributed by atoms with Crippen molar-refractivity contribution < 1.29 is 9.32 Å². The number of aryl methyl sites for hydroxylation is 1. The summed E-state index contributed by atoms with van der Waals surface area (Å²) >= 11 is 0. The molecule has 6 nitrogen and oxygen atoms in total. The van der Waals surface area contributed by atoms with Gasteiger partial charge in [-0.05, 0) is 63.4 Å². The lowest BCUT2D eigenvalue weighted by Crippen LogP contribution is -2.31. The van der Waals surface area contributed by atoms with E-state index < -0.39 is 0 Å². The fourth-order valence-electron chi connectivity index (χ4n) is 4.01. The Morgan fingerprint density at radius 1 is 1.12 bits per heavy atom. The van der Waals surface area contributed by atoms with E-state index >= 15 is 0 Å². The van der Waals surface area contributed by atoms with Crippen LogP contribution in [0.15, 0.2) is 28.8 Å². The molecule has 1 atom stereocenters. The minimum Gasteiger partial charge on any atom is -0.337 e. The van der Waals surface area contributed by atoms with Crippen molar-refractivity contribution in [1.82, 2.24) is 19.9 Å². The summed E-state index contributed by atoms with van der Waals surface area (Å²) in [6.07, 6.45) is 5.77. The van der Waals surface area contributed by atoms with Gasteiger partial charge in [-0.25, -0.2) is 0 Å². The van der Waals surface area contributed by atoms with Crippen molar-refractivity contribution in [2.24, 2.45) is 0 Å². The average Bonchev–Trinajstić information content (AvgIpc) is 3.31. The predicted molar refractivity (Wildman–Crippen MR) is 97.6 cm³/mol. The monoisotopic (exact) mass is 354 g/mol. The molecule has 0 radical (unpaired) electrons. The maximum absolute atomic E-state index is 13.0. The molecule has 0 aliphatic carbocycles. The molecule has 0 N–H and O–H groups in total. The molecule has 0 spiro atoms. The third kappa shape index (κ3) is 3.65. The summed E-state index contributed by atoms with van der Waals surface area (Å²) in [5.41, 5.74) is 2.00. The maximum Gasteiger partial charge on any atom is 0.254 e. The Morgan fingerprint density at radius 2 is 1.88 bits per heavy atom. The summed E-state index contributed by atoms with van der Waals surface area (Å²) in [5.74, 6) is 1.21. The van der Waals surface area contributed by atoms with Gasteiger partial charge in [0.15, 0.2) is 5.82 Å². The standard InChI is InChI=1S/C20H26N4O2/c1-15-21-19(26-22-15)18-6-5-13-24(18)20(25)17-9-7-16(8-10-17)14-23-11-3-2-4-12-23/h7-10,18H,2-6,11-14H2,1H3/t18-/m1/s1. The topological polar surface area (TPSA) is 62.5 Å². The van der Waals surface area contributed by atoms with Gasteiger partial charge in [0.25, 0.3) is 5.91 Å². The molecule has 2 aliphatic heterocycles. The Labute approximate surface area is 154 Å². The van der Waals surface area contributed by atoms with Crippen LogP contribution in [0.5, 0.6) is 0 Å². The van der Waals surface area contributed by atoms with Gasteiger partial charge in [-0.3, -0.25) is 9.69 Å². The van der Waals surface area contributed by atoms with Gasteiger partial charge in [-0.1, -0.05) is 23.7 Å². The maximum atomic E-state index is 13.0. The number of carbonyl (C=O) groups is 1. The molecular formula is C20H26N4O2. The Morgan fingerprint density at radius 3 is 2.58 bits per heavy atom.